The molecule has 0 heterocycles. The van der Waals surface area contributed by atoms with Crippen molar-refractivity contribution in [1.29, 1.82) is 0 Å². The molecule has 1 N–H and O–H groups in total. The minimum atomic E-state index is -8.34. The molecule has 0 aromatic carbocycles. The minimum Gasteiger partial charge on any atom is -0.502 e. The second-order valence-electron chi connectivity index (χ2n) is 5.81. The summed E-state index contributed by atoms with van der Waals surface area (Å²) in [5.74, 6) is -50.2. The van der Waals surface area contributed by atoms with Gasteiger partial charge in [-0.3, -0.25) is 0 Å². The van der Waals surface area contributed by atoms with Crippen LogP contribution in [0, 0.1) is 5.92 Å². The van der Waals surface area contributed by atoms with Crippen LogP contribution in [0.1, 0.15) is 12.8 Å². The molecule has 0 aliphatic heterocycles. The Hall–Kier alpha value is -1.42. The van der Waals surface area contributed by atoms with E-state index in [1.807, 2.05) is 0 Å². The van der Waals surface area contributed by atoms with Gasteiger partial charge in [-0.2, -0.15) is 65.9 Å². The van der Waals surface area contributed by atoms with Gasteiger partial charge in [-0.05, 0) is 18.6 Å². The minimum absolute atomic E-state index is 0.315. The lowest BCUT2D eigenvalue weighted by molar-refractivity contribution is -0.454. The van der Waals surface area contributed by atoms with Gasteiger partial charge in [-0.25, -0.2) is 0 Å². The molecule has 0 saturated carbocycles. The summed E-state index contributed by atoms with van der Waals surface area (Å²) >= 11 is 3.86. The van der Waals surface area contributed by atoms with Gasteiger partial charge in [0.2, 0.25) is 0 Å². The Labute approximate surface area is 162 Å². The number of allylic oxidation sites excluding steroid dienone is 1. The van der Waals surface area contributed by atoms with Crippen LogP contribution in [0.4, 0.5) is 65.9 Å². The Balaban J connectivity index is 6.66. The maximum Gasteiger partial charge on any atom is 0.460 e. The molecule has 1 nitrogen and oxygen atoms in total. The van der Waals surface area contributed by atoms with Crippen molar-refractivity contribution in [3.8, 4) is 0 Å². The molecule has 0 rings (SSSR count). The molecule has 0 saturated heterocycles. The lowest BCUT2D eigenvalue weighted by Crippen LogP contribution is -2.73. The predicted molar refractivity (Wildman–Crippen MR) is 73.9 cm³/mol. The average Bonchev–Trinajstić information content (AvgIpc) is 2.51. The smallest absolute Gasteiger partial charge is 0.460 e. The van der Waals surface area contributed by atoms with Gasteiger partial charge >= 0.3 is 41.7 Å². The molecular formula is C13H9F15OS. The fraction of sp³-hybridized carbons (Fsp3) is 0.769. The van der Waals surface area contributed by atoms with E-state index in [2.05, 4.69) is 18.8 Å². The number of hydrogen-bond donors (Lipinski definition) is 1. The fourth-order valence-corrected chi connectivity index (χ4v) is 2.21. The lowest BCUT2D eigenvalue weighted by Gasteiger charge is -2.43. The Bertz CT molecular complexity index is 651. The van der Waals surface area contributed by atoms with Crippen LogP contribution in [0.25, 0.3) is 0 Å². The summed E-state index contributed by atoms with van der Waals surface area (Å²) in [5, 5.41) is 7.15. The zero-order valence-electron chi connectivity index (χ0n) is 13.8. The molecule has 0 spiro atoms. The molecule has 0 aromatic heterocycles. The van der Waals surface area contributed by atoms with Crippen molar-refractivity contribution in [2.75, 3.05) is 0 Å². The topological polar surface area (TPSA) is 20.2 Å². The molecular weight excluding hydrogens is 489 g/mol. The summed E-state index contributed by atoms with van der Waals surface area (Å²) in [6, 6.07) is 0. The van der Waals surface area contributed by atoms with Crippen molar-refractivity contribution in [1.82, 2.24) is 0 Å². The van der Waals surface area contributed by atoms with Crippen molar-refractivity contribution in [3.63, 3.8) is 0 Å². The summed E-state index contributed by atoms with van der Waals surface area (Å²) in [5.41, 5.74) is 0. The average molecular weight is 498 g/mol. The third-order valence-electron chi connectivity index (χ3n) is 3.74. The Morgan fingerprint density at radius 3 is 1.33 bits per heavy atom. The highest BCUT2D eigenvalue weighted by atomic mass is 32.1. The van der Waals surface area contributed by atoms with Crippen molar-refractivity contribution in [2.45, 2.75) is 54.6 Å². The molecule has 0 amide bonds. The number of alkyl halides is 15. The molecule has 178 valence electrons. The highest BCUT2D eigenvalue weighted by Gasteiger charge is 2.93. The number of hydrogen-bond acceptors (Lipinski definition) is 1. The van der Waals surface area contributed by atoms with Crippen LogP contribution in [0.5, 0.6) is 0 Å². The zero-order chi connectivity index (χ0) is 24.8. The van der Waals surface area contributed by atoms with Gasteiger partial charge < -0.3 is 5.11 Å². The number of aliphatic hydroxyl groups is 1. The number of aliphatic hydroxyl groups excluding tert-OH is 1. The van der Waals surface area contributed by atoms with Gasteiger partial charge in [0.15, 0.2) is 5.05 Å². The van der Waals surface area contributed by atoms with Crippen molar-refractivity contribution in [3.05, 3.63) is 12.7 Å². The van der Waals surface area contributed by atoms with E-state index in [4.69, 9.17) is 5.11 Å². The monoisotopic (exact) mass is 498 g/mol. The Morgan fingerprint density at radius 2 is 1.03 bits per heavy atom. The lowest BCUT2D eigenvalue weighted by atomic mass is 9.83. The molecule has 17 heteroatoms. The molecule has 0 bridgehead atoms. The summed E-state index contributed by atoms with van der Waals surface area (Å²) in [6.45, 7) is 2.73. The summed E-state index contributed by atoms with van der Waals surface area (Å²) in [4.78, 5) is 0. The van der Waals surface area contributed by atoms with E-state index in [9.17, 15) is 65.9 Å². The molecule has 0 radical (unpaired) electrons. The fourth-order valence-electron chi connectivity index (χ4n) is 2.01. The Kier molecular flexibility index (Phi) is 7.55. The van der Waals surface area contributed by atoms with Gasteiger partial charge in [-0.15, -0.1) is 6.58 Å². The summed E-state index contributed by atoms with van der Waals surface area (Å²) in [6.07, 6.45) is -10.6. The first-order chi connectivity index (χ1) is 12.9. The quantitative estimate of drug-likeness (QED) is 0.203. The third-order valence-corrected chi connectivity index (χ3v) is 3.90. The highest BCUT2D eigenvalue weighted by Crippen LogP contribution is 2.63. The van der Waals surface area contributed by atoms with Crippen LogP contribution in [0.3, 0.4) is 0 Å². The van der Waals surface area contributed by atoms with Crippen LogP contribution < -0.4 is 0 Å². The van der Waals surface area contributed by atoms with E-state index in [0.29, 0.717) is 6.08 Å². The van der Waals surface area contributed by atoms with Crippen molar-refractivity contribution < 1.29 is 71.0 Å². The van der Waals surface area contributed by atoms with E-state index in [1.165, 1.54) is 0 Å². The standard InChI is InChI=1S/C13H9F15OS/c1-2-3-5(4-6(29)30)7(14,15)8(16,17)9(18,19)10(20,21)11(22,23)12(24,25)13(26,27)28/h2,5H,1,3-4H2,(H,29,30). The predicted octanol–water partition coefficient (Wildman–Crippen LogP) is 6.83. The summed E-state index contributed by atoms with van der Waals surface area (Å²) in [7, 11) is 0. The van der Waals surface area contributed by atoms with Gasteiger partial charge in [0.05, 0.1) is 0 Å². The second-order valence-corrected chi connectivity index (χ2v) is 6.28. The number of rotatable bonds is 10. The summed E-state index contributed by atoms with van der Waals surface area (Å²) < 4.78 is 196. The van der Waals surface area contributed by atoms with E-state index in [-0.39, 0.29) is 0 Å². The normalized spacial score (nSPS) is 16.4. The van der Waals surface area contributed by atoms with Crippen LogP contribution in [-0.4, -0.2) is 51.9 Å². The van der Waals surface area contributed by atoms with Crippen molar-refractivity contribution >= 4 is 17.3 Å². The molecule has 0 fully saturated rings. The third kappa shape index (κ3) is 4.04. The van der Waals surface area contributed by atoms with E-state index in [1.54, 1.807) is 0 Å². The molecule has 30 heavy (non-hydrogen) atoms. The molecule has 0 aliphatic carbocycles. The second kappa shape index (κ2) is 7.93. The van der Waals surface area contributed by atoms with E-state index in [0.717, 1.165) is 0 Å². The van der Waals surface area contributed by atoms with Crippen LogP contribution in [0.15, 0.2) is 12.7 Å². The van der Waals surface area contributed by atoms with Gasteiger partial charge in [0.25, 0.3) is 0 Å². The zero-order valence-corrected chi connectivity index (χ0v) is 14.6. The van der Waals surface area contributed by atoms with Gasteiger partial charge in [0, 0.05) is 12.3 Å². The molecule has 1 unspecified atom stereocenters. The highest BCUT2D eigenvalue weighted by molar-refractivity contribution is 7.80. The first-order valence-electron chi connectivity index (χ1n) is 7.04. The largest absolute Gasteiger partial charge is 0.502 e. The van der Waals surface area contributed by atoms with Crippen LogP contribution in [0.2, 0.25) is 0 Å². The number of halogens is 15. The number of thiocarbonyl (C=S) groups is 1. The van der Waals surface area contributed by atoms with Gasteiger partial charge in [0.1, 0.15) is 0 Å². The van der Waals surface area contributed by atoms with E-state index < -0.39 is 65.5 Å². The molecule has 1 atom stereocenters. The van der Waals surface area contributed by atoms with Gasteiger partial charge in [-0.1, -0.05) is 6.08 Å². The van der Waals surface area contributed by atoms with Crippen LogP contribution in [-0.2, 0) is 0 Å². The maximum absolute atomic E-state index is 13.9. The SMILES string of the molecule is C=CCC(CC(O)=S)C(F)(F)C(F)(F)C(F)(F)C(F)(F)C(F)(F)C(F)(F)C(F)(F)F. The van der Waals surface area contributed by atoms with Crippen LogP contribution >= 0.6 is 12.2 Å². The van der Waals surface area contributed by atoms with Crippen molar-refractivity contribution in [2.24, 2.45) is 5.92 Å². The maximum atomic E-state index is 13.9. The molecule has 0 aromatic rings. The first kappa shape index (κ1) is 28.6. The molecule has 0 aliphatic rings. The Morgan fingerprint density at radius 1 is 0.700 bits per heavy atom. The van der Waals surface area contributed by atoms with E-state index >= 15 is 0 Å². The first-order valence-corrected chi connectivity index (χ1v) is 7.45.